The van der Waals surface area contributed by atoms with Gasteiger partial charge in [-0.25, -0.2) is 4.79 Å². The topological polar surface area (TPSA) is 75.6 Å². The molecule has 0 unspecified atom stereocenters. The molecule has 176 valence electrons. The first-order valence-electron chi connectivity index (χ1n) is 10.4. The summed E-state index contributed by atoms with van der Waals surface area (Å²) in [4.78, 5) is 21.2. The summed E-state index contributed by atoms with van der Waals surface area (Å²) in [7, 11) is 0. The van der Waals surface area contributed by atoms with Crippen molar-refractivity contribution in [1.29, 1.82) is 0 Å². The van der Waals surface area contributed by atoms with Gasteiger partial charge in [0.2, 0.25) is 0 Å². The van der Waals surface area contributed by atoms with Gasteiger partial charge in [-0.05, 0) is 42.0 Å². The van der Waals surface area contributed by atoms with Gasteiger partial charge < -0.3 is 19.2 Å². The number of hydrogen-bond acceptors (Lipinski definition) is 6. The Balaban J connectivity index is 1.27. The number of amidine groups is 1. The minimum atomic E-state index is -4.73. The molecule has 0 atom stereocenters. The number of rotatable bonds is 5. The number of carbonyl (C=O) groups excluding carboxylic acids is 1. The fourth-order valence-electron chi connectivity index (χ4n) is 3.52. The first-order valence-corrected chi connectivity index (χ1v) is 10.4. The SMILES string of the molecule is O=C(NC1=NOCC1)N1CCN(Cc2cccc(Oc3ccc(OC(F)(F)F)cc3)c2)CC1. The number of nitrogens with zero attached hydrogens (tertiary/aromatic N) is 3. The molecule has 2 amide bonds. The van der Waals surface area contributed by atoms with E-state index in [0.29, 0.717) is 50.0 Å². The Morgan fingerprint density at radius 1 is 1.03 bits per heavy atom. The Hall–Kier alpha value is -3.47. The van der Waals surface area contributed by atoms with Crippen LogP contribution in [0, 0.1) is 0 Å². The average molecular weight is 464 g/mol. The lowest BCUT2D eigenvalue weighted by Gasteiger charge is -2.34. The summed E-state index contributed by atoms with van der Waals surface area (Å²) in [6.45, 7) is 3.82. The van der Waals surface area contributed by atoms with E-state index in [9.17, 15) is 18.0 Å². The van der Waals surface area contributed by atoms with Gasteiger partial charge in [-0.2, -0.15) is 0 Å². The van der Waals surface area contributed by atoms with Gasteiger partial charge in [-0.15, -0.1) is 13.2 Å². The van der Waals surface area contributed by atoms with Crippen LogP contribution in [0.15, 0.2) is 53.7 Å². The molecule has 2 aromatic rings. The highest BCUT2D eigenvalue weighted by Gasteiger charge is 2.31. The van der Waals surface area contributed by atoms with Crippen LogP contribution < -0.4 is 14.8 Å². The third kappa shape index (κ3) is 6.75. The summed E-state index contributed by atoms with van der Waals surface area (Å²) in [6.07, 6.45) is -4.12. The molecule has 0 saturated carbocycles. The summed E-state index contributed by atoms with van der Waals surface area (Å²) < 4.78 is 46.5. The van der Waals surface area contributed by atoms with Crippen molar-refractivity contribution in [2.24, 2.45) is 5.16 Å². The predicted molar refractivity (Wildman–Crippen MR) is 113 cm³/mol. The van der Waals surface area contributed by atoms with Crippen molar-refractivity contribution in [3.63, 3.8) is 0 Å². The number of piperazine rings is 1. The van der Waals surface area contributed by atoms with Gasteiger partial charge in [0, 0.05) is 39.1 Å². The monoisotopic (exact) mass is 464 g/mol. The summed E-state index contributed by atoms with van der Waals surface area (Å²) in [5.41, 5.74) is 1.03. The number of halogens is 3. The molecule has 1 saturated heterocycles. The fourth-order valence-corrected chi connectivity index (χ4v) is 3.52. The molecule has 2 aromatic carbocycles. The molecular weight excluding hydrogens is 441 g/mol. The smallest absolute Gasteiger partial charge is 0.457 e. The molecule has 2 aliphatic rings. The highest BCUT2D eigenvalue weighted by molar-refractivity contribution is 5.97. The number of alkyl halides is 3. The molecule has 0 radical (unpaired) electrons. The highest BCUT2D eigenvalue weighted by Crippen LogP contribution is 2.28. The van der Waals surface area contributed by atoms with E-state index in [1.807, 2.05) is 18.2 Å². The molecule has 8 nitrogen and oxygen atoms in total. The van der Waals surface area contributed by atoms with E-state index >= 15 is 0 Å². The number of nitrogens with one attached hydrogen (secondary N) is 1. The second-order valence-corrected chi connectivity index (χ2v) is 7.58. The normalized spacial score (nSPS) is 16.7. The maximum absolute atomic E-state index is 12.3. The third-order valence-corrected chi connectivity index (χ3v) is 5.11. The molecule has 4 rings (SSSR count). The molecule has 0 aliphatic carbocycles. The van der Waals surface area contributed by atoms with Gasteiger partial charge in [0.05, 0.1) is 0 Å². The van der Waals surface area contributed by atoms with Crippen LogP contribution >= 0.6 is 0 Å². The van der Waals surface area contributed by atoms with Crippen molar-refractivity contribution in [2.75, 3.05) is 32.8 Å². The maximum atomic E-state index is 12.3. The van der Waals surface area contributed by atoms with Crippen molar-refractivity contribution >= 4 is 11.9 Å². The van der Waals surface area contributed by atoms with Gasteiger partial charge in [-0.3, -0.25) is 10.2 Å². The van der Waals surface area contributed by atoms with Crippen LogP contribution in [0.2, 0.25) is 0 Å². The van der Waals surface area contributed by atoms with E-state index in [0.717, 1.165) is 18.7 Å². The van der Waals surface area contributed by atoms with E-state index in [1.165, 1.54) is 24.3 Å². The van der Waals surface area contributed by atoms with Gasteiger partial charge in [0.1, 0.15) is 23.9 Å². The van der Waals surface area contributed by atoms with Crippen molar-refractivity contribution in [3.8, 4) is 17.2 Å². The zero-order valence-corrected chi connectivity index (χ0v) is 17.7. The standard InChI is InChI=1S/C22H23F3N4O4/c23-22(24,25)33-18-6-4-17(5-7-18)32-19-3-1-2-16(14-19)15-28-9-11-29(12-10-28)21(30)26-20-8-13-31-27-20/h1-7,14H,8-13,15H2,(H,26,27,30). The van der Waals surface area contributed by atoms with Crippen molar-refractivity contribution in [3.05, 3.63) is 54.1 Å². The number of carbonyl (C=O) groups is 1. The Labute approximate surface area is 188 Å². The van der Waals surface area contributed by atoms with E-state index in [4.69, 9.17) is 9.57 Å². The second kappa shape index (κ2) is 9.99. The van der Waals surface area contributed by atoms with Crippen LogP contribution in [0.5, 0.6) is 17.2 Å². The minimum absolute atomic E-state index is 0.166. The molecular formula is C22H23F3N4O4. The predicted octanol–water partition coefficient (Wildman–Crippen LogP) is 3.94. The minimum Gasteiger partial charge on any atom is -0.457 e. The first kappa shape index (κ1) is 22.7. The van der Waals surface area contributed by atoms with Gasteiger partial charge >= 0.3 is 12.4 Å². The number of oxime groups is 1. The van der Waals surface area contributed by atoms with Crippen molar-refractivity contribution in [2.45, 2.75) is 19.3 Å². The lowest BCUT2D eigenvalue weighted by Crippen LogP contribution is -2.52. The molecule has 11 heteroatoms. The largest absolute Gasteiger partial charge is 0.573 e. The quantitative estimate of drug-likeness (QED) is 0.726. The molecule has 1 fully saturated rings. The Morgan fingerprint density at radius 2 is 1.76 bits per heavy atom. The van der Waals surface area contributed by atoms with Crippen molar-refractivity contribution in [1.82, 2.24) is 15.1 Å². The molecule has 0 aromatic heterocycles. The van der Waals surface area contributed by atoms with Crippen LogP contribution in [0.1, 0.15) is 12.0 Å². The van der Waals surface area contributed by atoms with E-state index in [2.05, 4.69) is 20.1 Å². The number of urea groups is 1. The number of ether oxygens (including phenoxy) is 2. The highest BCUT2D eigenvalue weighted by atomic mass is 19.4. The van der Waals surface area contributed by atoms with Gasteiger partial charge in [0.25, 0.3) is 0 Å². The lowest BCUT2D eigenvalue weighted by molar-refractivity contribution is -0.274. The zero-order valence-electron chi connectivity index (χ0n) is 17.7. The molecule has 0 bridgehead atoms. The summed E-state index contributed by atoms with van der Waals surface area (Å²) >= 11 is 0. The van der Waals surface area contributed by atoms with E-state index < -0.39 is 6.36 Å². The molecule has 2 heterocycles. The first-order chi connectivity index (χ1) is 15.8. The number of benzene rings is 2. The number of hydrogen-bond donors (Lipinski definition) is 1. The Kier molecular flexibility index (Phi) is 6.87. The third-order valence-electron chi connectivity index (χ3n) is 5.11. The molecule has 1 N–H and O–H groups in total. The summed E-state index contributed by atoms with van der Waals surface area (Å²) in [5, 5.41) is 6.55. The molecule has 2 aliphatic heterocycles. The fraction of sp³-hybridized carbons (Fsp3) is 0.364. The molecule has 0 spiro atoms. The average Bonchev–Trinajstić information content (AvgIpc) is 3.28. The second-order valence-electron chi connectivity index (χ2n) is 7.58. The van der Waals surface area contributed by atoms with Crippen molar-refractivity contribution < 1.29 is 32.3 Å². The Bertz CT molecular complexity index is 990. The number of amides is 2. The van der Waals surface area contributed by atoms with E-state index in [-0.39, 0.29) is 11.8 Å². The van der Waals surface area contributed by atoms with Crippen LogP contribution in [0.3, 0.4) is 0 Å². The summed E-state index contributed by atoms with van der Waals surface area (Å²) in [6, 6.07) is 12.6. The van der Waals surface area contributed by atoms with Crippen LogP contribution in [0.25, 0.3) is 0 Å². The zero-order chi connectivity index (χ0) is 23.3. The van der Waals surface area contributed by atoms with Crippen LogP contribution in [0.4, 0.5) is 18.0 Å². The van der Waals surface area contributed by atoms with Gasteiger partial charge in [-0.1, -0.05) is 17.3 Å². The van der Waals surface area contributed by atoms with E-state index in [1.54, 1.807) is 11.0 Å². The van der Waals surface area contributed by atoms with Crippen LogP contribution in [-0.4, -0.2) is 60.8 Å². The maximum Gasteiger partial charge on any atom is 0.573 e. The summed E-state index contributed by atoms with van der Waals surface area (Å²) in [5.74, 6) is 1.23. The van der Waals surface area contributed by atoms with Crippen LogP contribution in [-0.2, 0) is 11.4 Å². The molecule has 33 heavy (non-hydrogen) atoms. The van der Waals surface area contributed by atoms with Gasteiger partial charge in [0.15, 0.2) is 5.84 Å². The lowest BCUT2D eigenvalue weighted by atomic mass is 10.2. The Morgan fingerprint density at radius 3 is 2.42 bits per heavy atom.